The van der Waals surface area contributed by atoms with Gasteiger partial charge in [0.1, 0.15) is 24.7 Å². The third-order valence-electron chi connectivity index (χ3n) is 3.34. The first-order valence-electron chi connectivity index (χ1n) is 8.10. The fraction of sp³-hybridized carbons (Fsp3) is 0.250. The Hall–Kier alpha value is -2.31. The van der Waals surface area contributed by atoms with Gasteiger partial charge in [0, 0.05) is 11.6 Å². The van der Waals surface area contributed by atoms with Crippen molar-refractivity contribution in [2.75, 3.05) is 32.2 Å². The number of ether oxygens (including phenoxy) is 3. The molecule has 0 bridgehead atoms. The monoisotopic (exact) mass is 419 g/mol. The lowest BCUT2D eigenvalue weighted by Crippen LogP contribution is -2.16. The van der Waals surface area contributed by atoms with E-state index in [9.17, 15) is 4.79 Å². The minimum absolute atomic E-state index is 0.287. The summed E-state index contributed by atoms with van der Waals surface area (Å²) in [5, 5.41) is 2.88. The first-order chi connectivity index (χ1) is 12.5. The molecular weight excluding hydrogens is 398 g/mol. The number of carbonyl (C=O) groups is 1. The second kappa shape index (κ2) is 9.99. The molecule has 0 spiro atoms. The van der Waals surface area contributed by atoms with Gasteiger partial charge < -0.3 is 19.5 Å². The van der Waals surface area contributed by atoms with E-state index in [0.717, 1.165) is 10.0 Å². The molecule has 0 radical (unpaired) electrons. The van der Waals surface area contributed by atoms with Crippen molar-refractivity contribution < 1.29 is 19.0 Å². The van der Waals surface area contributed by atoms with Gasteiger partial charge in [-0.2, -0.15) is 0 Å². The van der Waals surface area contributed by atoms with Crippen molar-refractivity contribution in [2.24, 2.45) is 0 Å². The summed E-state index contributed by atoms with van der Waals surface area (Å²) in [5.41, 5.74) is 1.90. The molecular formula is C20H22BrNO4. The largest absolute Gasteiger partial charge is 0.490 e. The zero-order valence-corrected chi connectivity index (χ0v) is 16.5. The summed E-state index contributed by atoms with van der Waals surface area (Å²) >= 11 is 3.39. The molecule has 6 heteroatoms. The number of nitrogens with one attached hydrogen (secondary N) is 1. The number of rotatable bonds is 9. The number of para-hydroxylation sites is 2. The number of hydrogen-bond donors (Lipinski definition) is 1. The lowest BCUT2D eigenvalue weighted by molar-refractivity contribution is 0.101. The van der Waals surface area contributed by atoms with E-state index < -0.39 is 0 Å². The number of anilines is 1. The summed E-state index contributed by atoms with van der Waals surface area (Å²) < 4.78 is 17.1. The smallest absolute Gasteiger partial charge is 0.259 e. The van der Waals surface area contributed by atoms with Crippen molar-refractivity contribution in [3.05, 3.63) is 64.7 Å². The molecule has 0 aliphatic rings. The summed E-state index contributed by atoms with van der Waals surface area (Å²) in [6.45, 7) is 6.88. The van der Waals surface area contributed by atoms with Gasteiger partial charge >= 0.3 is 0 Å². The van der Waals surface area contributed by atoms with Crippen LogP contribution in [0.2, 0.25) is 0 Å². The van der Waals surface area contributed by atoms with Crippen LogP contribution in [0.1, 0.15) is 17.3 Å². The topological polar surface area (TPSA) is 56.8 Å². The molecule has 0 atom stereocenters. The maximum Gasteiger partial charge on any atom is 0.259 e. The molecule has 0 aromatic heterocycles. The van der Waals surface area contributed by atoms with Crippen LogP contribution in [0.15, 0.2) is 59.1 Å². The Labute approximate surface area is 162 Å². The molecule has 138 valence electrons. The summed E-state index contributed by atoms with van der Waals surface area (Å²) in [4.78, 5) is 12.8. The van der Waals surface area contributed by atoms with Crippen LogP contribution < -0.4 is 14.8 Å². The van der Waals surface area contributed by atoms with E-state index in [0.29, 0.717) is 42.6 Å². The molecule has 0 aliphatic carbocycles. The summed E-state index contributed by atoms with van der Waals surface area (Å²) in [6, 6.07) is 12.6. The lowest BCUT2D eigenvalue weighted by atomic mass is 10.1. The number of amides is 1. The third-order valence-corrected chi connectivity index (χ3v) is 3.83. The highest BCUT2D eigenvalue weighted by Crippen LogP contribution is 2.28. The Morgan fingerprint density at radius 1 is 1.12 bits per heavy atom. The third kappa shape index (κ3) is 5.89. The van der Waals surface area contributed by atoms with Gasteiger partial charge in [-0.3, -0.25) is 4.79 Å². The van der Waals surface area contributed by atoms with Crippen LogP contribution in [0.3, 0.4) is 0 Å². The zero-order valence-electron chi connectivity index (χ0n) is 14.9. The van der Waals surface area contributed by atoms with E-state index in [1.165, 1.54) is 0 Å². The zero-order chi connectivity index (χ0) is 18.9. The fourth-order valence-electron chi connectivity index (χ4n) is 2.13. The standard InChI is InChI=1S/C20H22BrNO4/c1-14(2)13-26-19-7-5-4-6-17(19)22-20(23)16-12-15(21)8-9-18(16)25-11-10-24-3/h4-9,12H,1,10-11,13H2,2-3H3,(H,22,23). The second-order valence-corrected chi connectivity index (χ2v) is 6.59. The van der Waals surface area contributed by atoms with Crippen LogP contribution in [-0.4, -0.2) is 32.8 Å². The van der Waals surface area contributed by atoms with Crippen molar-refractivity contribution in [3.8, 4) is 11.5 Å². The second-order valence-electron chi connectivity index (χ2n) is 5.68. The number of benzene rings is 2. The van der Waals surface area contributed by atoms with E-state index in [2.05, 4.69) is 27.8 Å². The Morgan fingerprint density at radius 2 is 1.88 bits per heavy atom. The van der Waals surface area contributed by atoms with Crippen LogP contribution in [0.25, 0.3) is 0 Å². The van der Waals surface area contributed by atoms with E-state index in [-0.39, 0.29) is 5.91 Å². The summed E-state index contributed by atoms with van der Waals surface area (Å²) in [5.74, 6) is 0.786. The molecule has 0 heterocycles. The maximum absolute atomic E-state index is 12.8. The van der Waals surface area contributed by atoms with Crippen LogP contribution in [0.4, 0.5) is 5.69 Å². The Morgan fingerprint density at radius 3 is 2.62 bits per heavy atom. The minimum Gasteiger partial charge on any atom is -0.490 e. The molecule has 1 N–H and O–H groups in total. The highest BCUT2D eigenvalue weighted by molar-refractivity contribution is 9.10. The average Bonchev–Trinajstić information content (AvgIpc) is 2.62. The van der Waals surface area contributed by atoms with Gasteiger partial charge in [-0.15, -0.1) is 0 Å². The van der Waals surface area contributed by atoms with E-state index in [1.54, 1.807) is 31.4 Å². The van der Waals surface area contributed by atoms with E-state index >= 15 is 0 Å². The van der Waals surface area contributed by atoms with Crippen molar-refractivity contribution in [1.29, 1.82) is 0 Å². The Bertz CT molecular complexity index is 776. The number of hydrogen-bond acceptors (Lipinski definition) is 4. The van der Waals surface area contributed by atoms with Crippen LogP contribution in [0.5, 0.6) is 11.5 Å². The molecule has 0 saturated heterocycles. The molecule has 2 aromatic carbocycles. The SMILES string of the molecule is C=C(C)COc1ccccc1NC(=O)c1cc(Br)ccc1OCCOC. The van der Waals surface area contributed by atoms with Gasteiger partial charge in [0.2, 0.25) is 0 Å². The number of methoxy groups -OCH3 is 1. The van der Waals surface area contributed by atoms with Crippen molar-refractivity contribution >= 4 is 27.5 Å². The van der Waals surface area contributed by atoms with Crippen molar-refractivity contribution in [3.63, 3.8) is 0 Å². The number of carbonyl (C=O) groups excluding carboxylic acids is 1. The highest BCUT2D eigenvalue weighted by Gasteiger charge is 2.15. The molecule has 1 amide bonds. The van der Waals surface area contributed by atoms with Gasteiger partial charge in [-0.05, 0) is 42.8 Å². The van der Waals surface area contributed by atoms with Gasteiger partial charge in [-0.1, -0.05) is 34.6 Å². The normalized spacial score (nSPS) is 10.3. The highest BCUT2D eigenvalue weighted by atomic mass is 79.9. The average molecular weight is 420 g/mol. The molecule has 2 rings (SSSR count). The van der Waals surface area contributed by atoms with Gasteiger partial charge in [0.25, 0.3) is 5.91 Å². The van der Waals surface area contributed by atoms with Gasteiger partial charge in [0.05, 0.1) is 17.9 Å². The van der Waals surface area contributed by atoms with E-state index in [4.69, 9.17) is 14.2 Å². The van der Waals surface area contributed by atoms with Crippen LogP contribution in [0, 0.1) is 0 Å². The summed E-state index contributed by atoms with van der Waals surface area (Å²) in [7, 11) is 1.60. The van der Waals surface area contributed by atoms with Crippen molar-refractivity contribution in [2.45, 2.75) is 6.92 Å². The lowest BCUT2D eigenvalue weighted by Gasteiger charge is -2.15. The predicted octanol–water partition coefficient (Wildman–Crippen LogP) is 4.68. The Kier molecular flexibility index (Phi) is 7.69. The quantitative estimate of drug-likeness (QED) is 0.473. The molecule has 0 saturated carbocycles. The molecule has 26 heavy (non-hydrogen) atoms. The van der Waals surface area contributed by atoms with Gasteiger partial charge in [0.15, 0.2) is 0 Å². The Balaban J connectivity index is 2.19. The molecule has 0 unspecified atom stereocenters. The first kappa shape index (κ1) is 20.0. The van der Waals surface area contributed by atoms with Crippen LogP contribution >= 0.6 is 15.9 Å². The van der Waals surface area contributed by atoms with Gasteiger partial charge in [-0.25, -0.2) is 0 Å². The number of halogens is 1. The first-order valence-corrected chi connectivity index (χ1v) is 8.89. The molecule has 0 aliphatic heterocycles. The minimum atomic E-state index is -0.287. The van der Waals surface area contributed by atoms with Crippen LogP contribution in [-0.2, 0) is 4.74 Å². The predicted molar refractivity (Wildman–Crippen MR) is 106 cm³/mol. The van der Waals surface area contributed by atoms with E-state index in [1.807, 2.05) is 25.1 Å². The molecule has 5 nitrogen and oxygen atoms in total. The maximum atomic E-state index is 12.8. The van der Waals surface area contributed by atoms with Crippen molar-refractivity contribution in [1.82, 2.24) is 0 Å². The fourth-order valence-corrected chi connectivity index (χ4v) is 2.49. The molecule has 2 aromatic rings. The molecule has 0 fully saturated rings. The summed E-state index contributed by atoms with van der Waals surface area (Å²) in [6.07, 6.45) is 0.